The smallest absolute Gasteiger partial charge is 0.266 e. The predicted octanol–water partition coefficient (Wildman–Crippen LogP) is 4.01. The molecule has 3 nitrogen and oxygen atoms in total. The van der Waals surface area contributed by atoms with Crippen molar-refractivity contribution in [3.8, 4) is 0 Å². The summed E-state index contributed by atoms with van der Waals surface area (Å²) in [7, 11) is 1.87. The molecule has 1 amide bonds. The highest BCUT2D eigenvalue weighted by Crippen LogP contribution is 2.36. The van der Waals surface area contributed by atoms with Crippen LogP contribution in [0.3, 0.4) is 0 Å². The average Bonchev–Trinajstić information content (AvgIpc) is 2.82. The molecule has 0 fully saturated rings. The van der Waals surface area contributed by atoms with E-state index in [0.29, 0.717) is 10.6 Å². The van der Waals surface area contributed by atoms with Crippen molar-refractivity contribution in [2.45, 2.75) is 26.3 Å². The van der Waals surface area contributed by atoms with Crippen LogP contribution in [0.1, 0.15) is 28.6 Å². The highest BCUT2D eigenvalue weighted by molar-refractivity contribution is 7.98. The molecule has 0 aliphatic carbocycles. The first-order valence-corrected chi connectivity index (χ1v) is 9.22. The van der Waals surface area contributed by atoms with Crippen molar-refractivity contribution in [3.05, 3.63) is 28.6 Å². The Labute approximate surface area is 134 Å². The molecule has 1 aromatic carbocycles. The van der Waals surface area contributed by atoms with Crippen molar-refractivity contribution in [1.82, 2.24) is 4.90 Å². The summed E-state index contributed by atoms with van der Waals surface area (Å²) in [5.41, 5.74) is 7.99. The number of benzene rings is 1. The minimum absolute atomic E-state index is 0.0294. The number of amides is 1. The Morgan fingerprint density at radius 2 is 2.19 bits per heavy atom. The summed E-state index contributed by atoms with van der Waals surface area (Å²) in [6, 6.07) is 6.25. The lowest BCUT2D eigenvalue weighted by Gasteiger charge is -2.24. The molecular weight excluding hydrogens is 300 g/mol. The highest BCUT2D eigenvalue weighted by atomic mass is 32.2. The van der Waals surface area contributed by atoms with Crippen LogP contribution in [0.25, 0.3) is 10.1 Å². The van der Waals surface area contributed by atoms with Crippen molar-refractivity contribution in [2.24, 2.45) is 0 Å². The van der Waals surface area contributed by atoms with E-state index in [1.54, 1.807) is 11.8 Å². The fraction of sp³-hybridized carbons (Fsp3) is 0.438. The molecule has 0 bridgehead atoms. The van der Waals surface area contributed by atoms with Gasteiger partial charge in [-0.1, -0.05) is 18.2 Å². The number of nitrogen functional groups attached to an aromatic ring is 1. The molecule has 0 saturated carbocycles. The van der Waals surface area contributed by atoms with Crippen LogP contribution in [-0.4, -0.2) is 35.9 Å². The summed E-state index contributed by atoms with van der Waals surface area (Å²) < 4.78 is 1.11. The summed E-state index contributed by atoms with van der Waals surface area (Å²) in [6.45, 7) is 4.14. The number of anilines is 1. The molecule has 1 aromatic heterocycles. The lowest BCUT2D eigenvalue weighted by Crippen LogP contribution is -2.35. The molecule has 0 spiro atoms. The number of thioether (sulfide) groups is 1. The van der Waals surface area contributed by atoms with Gasteiger partial charge in [-0.2, -0.15) is 11.8 Å². The Morgan fingerprint density at radius 3 is 2.81 bits per heavy atom. The Morgan fingerprint density at radius 1 is 1.48 bits per heavy atom. The number of aryl methyl sites for hydroxylation is 1. The van der Waals surface area contributed by atoms with Gasteiger partial charge in [-0.05, 0) is 37.8 Å². The number of rotatable bonds is 5. The van der Waals surface area contributed by atoms with Gasteiger partial charge in [-0.25, -0.2) is 0 Å². The van der Waals surface area contributed by atoms with E-state index in [0.717, 1.165) is 22.3 Å². The maximum absolute atomic E-state index is 12.7. The van der Waals surface area contributed by atoms with E-state index >= 15 is 0 Å². The minimum Gasteiger partial charge on any atom is -0.397 e. The second-order valence-corrected chi connectivity index (χ2v) is 7.35. The van der Waals surface area contributed by atoms with E-state index in [9.17, 15) is 4.79 Å². The van der Waals surface area contributed by atoms with Gasteiger partial charge in [-0.3, -0.25) is 4.79 Å². The zero-order valence-electron chi connectivity index (χ0n) is 13.0. The third-order valence-corrected chi connectivity index (χ3v) is 5.85. The lowest BCUT2D eigenvalue weighted by atomic mass is 10.1. The zero-order valence-corrected chi connectivity index (χ0v) is 14.6. The van der Waals surface area contributed by atoms with Gasteiger partial charge in [0.15, 0.2) is 0 Å². The quantitative estimate of drug-likeness (QED) is 0.905. The Bertz CT molecular complexity index is 651. The number of hydrogen-bond acceptors (Lipinski definition) is 4. The SMILES string of the molecule is CSCCC(C)N(C)C(=O)c1sc2c(C)cccc2c1N. The maximum atomic E-state index is 12.7. The van der Waals surface area contributed by atoms with Gasteiger partial charge < -0.3 is 10.6 Å². The average molecular weight is 322 g/mol. The van der Waals surface area contributed by atoms with Crippen LogP contribution in [0.15, 0.2) is 18.2 Å². The minimum atomic E-state index is 0.0294. The summed E-state index contributed by atoms with van der Waals surface area (Å²) in [4.78, 5) is 15.2. The highest BCUT2D eigenvalue weighted by Gasteiger charge is 2.23. The molecule has 2 rings (SSSR count). The van der Waals surface area contributed by atoms with Gasteiger partial charge in [0, 0.05) is 23.2 Å². The number of fused-ring (bicyclic) bond motifs is 1. The molecule has 2 N–H and O–H groups in total. The van der Waals surface area contributed by atoms with Crippen LogP contribution in [0, 0.1) is 6.92 Å². The van der Waals surface area contributed by atoms with Crippen molar-refractivity contribution in [3.63, 3.8) is 0 Å². The number of nitrogens with zero attached hydrogens (tertiary/aromatic N) is 1. The summed E-state index contributed by atoms with van der Waals surface area (Å²) in [6.07, 6.45) is 3.08. The van der Waals surface area contributed by atoms with Crippen LogP contribution in [-0.2, 0) is 0 Å². The number of nitrogens with two attached hydrogens (primary N) is 1. The first-order chi connectivity index (χ1) is 9.97. The van der Waals surface area contributed by atoms with Crippen LogP contribution in [0.5, 0.6) is 0 Å². The van der Waals surface area contributed by atoms with E-state index in [1.807, 2.05) is 24.1 Å². The van der Waals surface area contributed by atoms with E-state index in [4.69, 9.17) is 5.73 Å². The molecular formula is C16H22N2OS2. The number of thiophene rings is 1. The van der Waals surface area contributed by atoms with Crippen LogP contribution < -0.4 is 5.73 Å². The standard InChI is InChI=1S/C16H22N2OS2/c1-10-6-5-7-12-13(17)15(21-14(10)12)16(19)18(3)11(2)8-9-20-4/h5-7,11H,8-9,17H2,1-4H3. The molecule has 1 heterocycles. The third-order valence-electron chi connectivity index (χ3n) is 3.87. The predicted molar refractivity (Wildman–Crippen MR) is 95.5 cm³/mol. The van der Waals surface area contributed by atoms with Crippen molar-refractivity contribution in [1.29, 1.82) is 0 Å². The number of hydrogen-bond donors (Lipinski definition) is 1. The summed E-state index contributed by atoms with van der Waals surface area (Å²) >= 11 is 3.31. The molecule has 1 unspecified atom stereocenters. The molecule has 0 radical (unpaired) electrons. The monoisotopic (exact) mass is 322 g/mol. The fourth-order valence-electron chi connectivity index (χ4n) is 2.28. The van der Waals surface area contributed by atoms with E-state index in [1.165, 1.54) is 16.9 Å². The molecule has 0 saturated heterocycles. The first kappa shape index (κ1) is 16.2. The van der Waals surface area contributed by atoms with E-state index in [-0.39, 0.29) is 11.9 Å². The van der Waals surface area contributed by atoms with Crippen LogP contribution in [0.4, 0.5) is 5.69 Å². The topological polar surface area (TPSA) is 46.3 Å². The first-order valence-electron chi connectivity index (χ1n) is 7.01. The van der Waals surface area contributed by atoms with Crippen LogP contribution in [0.2, 0.25) is 0 Å². The molecule has 21 heavy (non-hydrogen) atoms. The Kier molecular flexibility index (Phi) is 5.17. The maximum Gasteiger partial charge on any atom is 0.266 e. The van der Waals surface area contributed by atoms with Gasteiger partial charge in [0.2, 0.25) is 0 Å². The lowest BCUT2D eigenvalue weighted by molar-refractivity contribution is 0.0747. The normalized spacial score (nSPS) is 12.6. The summed E-state index contributed by atoms with van der Waals surface area (Å²) in [5.74, 6) is 1.08. The molecule has 114 valence electrons. The largest absolute Gasteiger partial charge is 0.397 e. The molecule has 0 aliphatic heterocycles. The third kappa shape index (κ3) is 3.19. The zero-order chi connectivity index (χ0) is 15.6. The van der Waals surface area contributed by atoms with Crippen molar-refractivity contribution >= 4 is 44.8 Å². The fourth-order valence-corrected chi connectivity index (χ4v) is 4.03. The number of carbonyl (C=O) groups is 1. The summed E-state index contributed by atoms with van der Waals surface area (Å²) in [5, 5.41) is 0.994. The van der Waals surface area contributed by atoms with E-state index in [2.05, 4.69) is 26.2 Å². The van der Waals surface area contributed by atoms with Crippen molar-refractivity contribution < 1.29 is 4.79 Å². The van der Waals surface area contributed by atoms with Gasteiger partial charge in [-0.15, -0.1) is 11.3 Å². The van der Waals surface area contributed by atoms with Gasteiger partial charge >= 0.3 is 0 Å². The number of carbonyl (C=O) groups excluding carboxylic acids is 1. The van der Waals surface area contributed by atoms with Crippen LogP contribution >= 0.6 is 23.1 Å². The van der Waals surface area contributed by atoms with Gasteiger partial charge in [0.1, 0.15) is 4.88 Å². The van der Waals surface area contributed by atoms with Crippen molar-refractivity contribution in [2.75, 3.05) is 24.8 Å². The molecule has 1 atom stereocenters. The second-order valence-electron chi connectivity index (χ2n) is 5.34. The van der Waals surface area contributed by atoms with Gasteiger partial charge in [0.05, 0.1) is 5.69 Å². The second kappa shape index (κ2) is 6.71. The van der Waals surface area contributed by atoms with E-state index < -0.39 is 0 Å². The van der Waals surface area contributed by atoms with Gasteiger partial charge in [0.25, 0.3) is 5.91 Å². The molecule has 2 aromatic rings. The Balaban J connectivity index is 2.31. The molecule has 0 aliphatic rings. The Hall–Kier alpha value is -1.20. The molecule has 5 heteroatoms.